The first-order chi connectivity index (χ1) is 12.5. The minimum absolute atomic E-state index is 0.293. The third kappa shape index (κ3) is 1.66. The summed E-state index contributed by atoms with van der Waals surface area (Å²) in [6.07, 6.45) is 3.22. The molecule has 1 saturated carbocycles. The van der Waals surface area contributed by atoms with Crippen molar-refractivity contribution in [1.82, 2.24) is 0 Å². The third-order valence-corrected chi connectivity index (χ3v) is 6.40. The summed E-state index contributed by atoms with van der Waals surface area (Å²) in [4.78, 5) is 0. The number of hydrogen-bond donors (Lipinski definition) is 1. The highest BCUT2D eigenvalue weighted by Crippen LogP contribution is 2.70. The zero-order valence-electron chi connectivity index (χ0n) is 14.4. The highest BCUT2D eigenvalue weighted by Gasteiger charge is 2.81. The number of nitrogens with zero attached hydrogens (tertiary/aromatic N) is 3. The molecule has 1 N–H and O–H groups in total. The van der Waals surface area contributed by atoms with Crippen LogP contribution in [0.5, 0.6) is 0 Å². The molecule has 2 aliphatic heterocycles. The lowest BCUT2D eigenvalue weighted by Gasteiger charge is -2.52. The van der Waals surface area contributed by atoms with E-state index in [0.717, 1.165) is 12.8 Å². The summed E-state index contributed by atoms with van der Waals surface area (Å²) in [5.74, 6) is -1.39. The maximum atomic E-state index is 10.2. The fourth-order valence-electron chi connectivity index (χ4n) is 4.98. The van der Waals surface area contributed by atoms with E-state index in [1.165, 1.54) is 6.26 Å². The number of nitriles is 3. The minimum Gasteiger partial charge on any atom is -0.466 e. The lowest BCUT2D eigenvalue weighted by atomic mass is 9.51. The number of furan rings is 1. The van der Waals surface area contributed by atoms with Crippen LogP contribution < -0.4 is 0 Å². The Labute approximate surface area is 151 Å². The lowest BCUT2D eigenvalue weighted by molar-refractivity contribution is -0.302. The zero-order chi connectivity index (χ0) is 18.6. The van der Waals surface area contributed by atoms with Gasteiger partial charge in [0.1, 0.15) is 5.76 Å². The molecule has 1 aromatic rings. The second-order valence-electron chi connectivity index (χ2n) is 7.31. The van der Waals surface area contributed by atoms with Gasteiger partial charge in [0.05, 0.1) is 30.4 Å². The van der Waals surface area contributed by atoms with Gasteiger partial charge in [-0.1, -0.05) is 13.3 Å². The Morgan fingerprint density at radius 3 is 2.62 bits per heavy atom. The summed E-state index contributed by atoms with van der Waals surface area (Å²) in [7, 11) is 0. The van der Waals surface area contributed by atoms with Gasteiger partial charge in [-0.3, -0.25) is 5.41 Å². The van der Waals surface area contributed by atoms with Crippen LogP contribution in [0.1, 0.15) is 44.5 Å². The average molecular weight is 350 g/mol. The summed E-state index contributed by atoms with van der Waals surface area (Å²) in [6, 6.07) is 9.49. The molecule has 2 saturated heterocycles. The van der Waals surface area contributed by atoms with Crippen LogP contribution in [0.3, 0.4) is 0 Å². The summed E-state index contributed by atoms with van der Waals surface area (Å²) >= 11 is 0. The average Bonchev–Trinajstić information content (AvgIpc) is 3.26. The summed E-state index contributed by atoms with van der Waals surface area (Å²) < 4.78 is 17.5. The van der Waals surface area contributed by atoms with Gasteiger partial charge in [-0.05, 0) is 30.9 Å². The molecular weight excluding hydrogens is 332 g/mol. The van der Waals surface area contributed by atoms with Crippen molar-refractivity contribution in [2.75, 3.05) is 0 Å². The molecule has 3 aliphatic rings. The Bertz CT molecular complexity index is 860. The maximum Gasteiger partial charge on any atom is 0.217 e. The van der Waals surface area contributed by atoms with E-state index in [1.54, 1.807) is 12.1 Å². The molecule has 1 aromatic heterocycles. The predicted octanol–water partition coefficient (Wildman–Crippen LogP) is 3.42. The van der Waals surface area contributed by atoms with Gasteiger partial charge in [0.25, 0.3) is 0 Å². The van der Waals surface area contributed by atoms with Crippen LogP contribution in [0.15, 0.2) is 22.8 Å². The van der Waals surface area contributed by atoms with Crippen molar-refractivity contribution in [3.8, 4) is 18.2 Å². The summed E-state index contributed by atoms with van der Waals surface area (Å²) in [5, 5.41) is 38.8. The highest BCUT2D eigenvalue weighted by molar-refractivity contribution is 5.89. The van der Waals surface area contributed by atoms with Gasteiger partial charge in [-0.25, -0.2) is 0 Å². The second kappa shape index (κ2) is 5.34. The third-order valence-electron chi connectivity index (χ3n) is 6.40. The van der Waals surface area contributed by atoms with Gasteiger partial charge in [-0.15, -0.1) is 0 Å². The van der Waals surface area contributed by atoms with Gasteiger partial charge in [0.15, 0.2) is 11.5 Å². The molecule has 0 aromatic carbocycles. The molecule has 2 bridgehead atoms. The Hall–Kier alpha value is -2.82. The van der Waals surface area contributed by atoms with Crippen LogP contribution in [-0.2, 0) is 9.47 Å². The van der Waals surface area contributed by atoms with Crippen LogP contribution in [0.4, 0.5) is 0 Å². The molecular formula is C19H18N4O3. The highest BCUT2D eigenvalue weighted by atomic mass is 16.7. The Kier molecular flexibility index (Phi) is 3.41. The zero-order valence-corrected chi connectivity index (χ0v) is 14.4. The lowest BCUT2D eigenvalue weighted by Crippen LogP contribution is -2.61. The molecule has 26 heavy (non-hydrogen) atoms. The topological polar surface area (TPSA) is 127 Å². The SMILES string of the molecule is CCC1CCC23OC(=N)C(C#N)(C2C1)C(C#N)(C#N)C(c1ccco1)O3. The number of hydrogen-bond acceptors (Lipinski definition) is 7. The fourth-order valence-corrected chi connectivity index (χ4v) is 4.98. The van der Waals surface area contributed by atoms with E-state index in [1.807, 2.05) is 12.1 Å². The minimum atomic E-state index is -1.92. The molecule has 0 radical (unpaired) electrons. The van der Waals surface area contributed by atoms with E-state index in [-0.39, 0.29) is 5.90 Å². The van der Waals surface area contributed by atoms with E-state index in [0.29, 0.717) is 24.5 Å². The molecule has 3 fully saturated rings. The predicted molar refractivity (Wildman–Crippen MR) is 86.9 cm³/mol. The van der Waals surface area contributed by atoms with Crippen molar-refractivity contribution in [3.63, 3.8) is 0 Å². The van der Waals surface area contributed by atoms with Crippen LogP contribution in [-0.4, -0.2) is 11.7 Å². The number of rotatable bonds is 2. The van der Waals surface area contributed by atoms with Crippen LogP contribution in [0.2, 0.25) is 0 Å². The Morgan fingerprint density at radius 1 is 1.27 bits per heavy atom. The first kappa shape index (κ1) is 16.6. The van der Waals surface area contributed by atoms with Crippen LogP contribution in [0, 0.1) is 62.1 Å². The first-order valence-electron chi connectivity index (χ1n) is 8.76. The Morgan fingerprint density at radius 2 is 2.04 bits per heavy atom. The van der Waals surface area contributed by atoms with E-state index in [4.69, 9.17) is 19.3 Å². The van der Waals surface area contributed by atoms with Gasteiger partial charge >= 0.3 is 0 Å². The second-order valence-corrected chi connectivity index (χ2v) is 7.31. The molecule has 0 amide bonds. The van der Waals surface area contributed by atoms with Crippen molar-refractivity contribution in [2.45, 2.75) is 44.5 Å². The quantitative estimate of drug-likeness (QED) is 0.870. The molecule has 1 aliphatic carbocycles. The first-order valence-corrected chi connectivity index (χ1v) is 8.76. The standard InChI is InChI=1S/C19H18N4O3/c1-2-12-5-6-19-14(8-12)18(11-22,16(23)26-19)17(9-20,10-21)15(25-19)13-4-3-7-24-13/h3-4,7,12,14-15,23H,2,5-6,8H2,1H3. The smallest absolute Gasteiger partial charge is 0.217 e. The van der Waals surface area contributed by atoms with Crippen molar-refractivity contribution < 1.29 is 13.9 Å². The molecule has 5 atom stereocenters. The Balaban J connectivity index is 1.97. The molecule has 7 nitrogen and oxygen atoms in total. The van der Waals surface area contributed by atoms with E-state index >= 15 is 0 Å². The van der Waals surface area contributed by atoms with Gasteiger partial charge in [0.2, 0.25) is 17.1 Å². The molecule has 4 rings (SSSR count). The number of nitrogens with one attached hydrogen (secondary N) is 1. The van der Waals surface area contributed by atoms with Gasteiger partial charge in [0, 0.05) is 6.42 Å². The monoisotopic (exact) mass is 350 g/mol. The molecule has 5 unspecified atom stereocenters. The van der Waals surface area contributed by atoms with Crippen LogP contribution >= 0.6 is 0 Å². The van der Waals surface area contributed by atoms with E-state index < -0.39 is 28.6 Å². The van der Waals surface area contributed by atoms with Crippen molar-refractivity contribution >= 4 is 5.90 Å². The number of ether oxygens (including phenoxy) is 2. The van der Waals surface area contributed by atoms with Crippen LogP contribution in [0.25, 0.3) is 0 Å². The maximum absolute atomic E-state index is 10.2. The van der Waals surface area contributed by atoms with E-state index in [9.17, 15) is 15.8 Å². The normalized spacial score (nSPS) is 39.8. The molecule has 132 valence electrons. The van der Waals surface area contributed by atoms with E-state index in [2.05, 4.69) is 13.0 Å². The summed E-state index contributed by atoms with van der Waals surface area (Å²) in [5.41, 5.74) is -3.60. The summed E-state index contributed by atoms with van der Waals surface area (Å²) in [6.45, 7) is 2.08. The fraction of sp³-hybridized carbons (Fsp3) is 0.579. The molecule has 3 heterocycles. The van der Waals surface area contributed by atoms with Gasteiger partial charge < -0.3 is 13.9 Å². The molecule has 0 spiro atoms. The molecule has 7 heteroatoms. The largest absolute Gasteiger partial charge is 0.466 e. The van der Waals surface area contributed by atoms with Gasteiger partial charge in [-0.2, -0.15) is 15.8 Å². The van der Waals surface area contributed by atoms with Crippen molar-refractivity contribution in [3.05, 3.63) is 24.2 Å². The van der Waals surface area contributed by atoms with Crippen molar-refractivity contribution in [1.29, 1.82) is 21.2 Å². The van der Waals surface area contributed by atoms with Crippen molar-refractivity contribution in [2.24, 2.45) is 22.7 Å².